The molecule has 2 aliphatic heterocycles. The van der Waals surface area contributed by atoms with E-state index in [0.717, 1.165) is 9.80 Å². The number of rotatable bonds is 7. The van der Waals surface area contributed by atoms with Gasteiger partial charge in [0.2, 0.25) is 0 Å². The lowest BCUT2D eigenvalue weighted by Crippen LogP contribution is -2.61. The van der Waals surface area contributed by atoms with Gasteiger partial charge in [0.1, 0.15) is 23.5 Å². The van der Waals surface area contributed by atoms with Gasteiger partial charge in [-0.2, -0.15) is 4.99 Å². The quantitative estimate of drug-likeness (QED) is 0.388. The number of amides is 4. The Bertz CT molecular complexity index is 1430. The van der Waals surface area contributed by atoms with Crippen molar-refractivity contribution in [3.8, 4) is 0 Å². The van der Waals surface area contributed by atoms with E-state index < -0.39 is 65.6 Å². The number of benzene rings is 2. The number of carbonyl (C=O) groups excluding carboxylic acids is 5. The number of nitrogens with zero attached hydrogens (tertiary/aromatic N) is 3. The third kappa shape index (κ3) is 6.29. The van der Waals surface area contributed by atoms with Crippen LogP contribution in [0.5, 0.6) is 0 Å². The first-order valence-corrected chi connectivity index (χ1v) is 13.7. The number of hydrogen-bond acceptors (Lipinski definition) is 7. The van der Waals surface area contributed by atoms with E-state index in [2.05, 4.69) is 4.99 Å². The lowest BCUT2D eigenvalue weighted by Gasteiger charge is -2.40. The van der Waals surface area contributed by atoms with Crippen LogP contribution in [0.25, 0.3) is 0 Å². The van der Waals surface area contributed by atoms with Crippen molar-refractivity contribution in [2.75, 3.05) is 0 Å². The van der Waals surface area contributed by atoms with Gasteiger partial charge >= 0.3 is 11.9 Å². The first kappa shape index (κ1) is 30.3. The van der Waals surface area contributed by atoms with Crippen LogP contribution in [-0.4, -0.2) is 74.0 Å². The fraction of sp³-hybridized carbons (Fsp3) is 0.387. The van der Waals surface area contributed by atoms with Gasteiger partial charge in [0.15, 0.2) is 0 Å². The van der Waals surface area contributed by atoms with Crippen molar-refractivity contribution >= 4 is 41.4 Å². The van der Waals surface area contributed by atoms with Crippen molar-refractivity contribution in [1.29, 1.82) is 0 Å². The van der Waals surface area contributed by atoms with Gasteiger partial charge in [-0.25, -0.2) is 4.79 Å². The van der Waals surface area contributed by atoms with Crippen molar-refractivity contribution in [2.24, 2.45) is 10.9 Å². The maximum absolute atomic E-state index is 14.5. The number of aliphatic imine (C=N–C) groups is 1. The van der Waals surface area contributed by atoms with Crippen LogP contribution < -0.4 is 0 Å². The fourth-order valence-electron chi connectivity index (χ4n) is 5.23. The minimum absolute atomic E-state index is 0.0277. The molecule has 220 valence electrons. The summed E-state index contributed by atoms with van der Waals surface area (Å²) in [6.07, 6.45) is 0.161. The number of hydrogen-bond donors (Lipinski definition) is 1. The van der Waals surface area contributed by atoms with Crippen molar-refractivity contribution < 1.29 is 38.6 Å². The SMILES string of the molecule is C[C@H](CC(=O)O)C(C(=O)N1/C(=N/C(=O)c2ccccc2)CCCC1C(=O)OC(C)(C)C)N1C(=O)c2ccccc2C1=O. The van der Waals surface area contributed by atoms with Crippen molar-refractivity contribution in [3.63, 3.8) is 0 Å². The molecular weight excluding hydrogens is 542 g/mol. The summed E-state index contributed by atoms with van der Waals surface area (Å²) < 4.78 is 5.60. The standard InChI is InChI=1S/C31H33N3O8/c1-18(17-24(35)36)25(34-27(38)20-13-8-9-14-21(20)28(34)39)29(40)33-22(30(41)42-31(2,3)4)15-10-16-23(33)32-26(37)19-11-6-5-7-12-19/h5-9,11-14,18,22,25H,10,15-17H2,1-4H3,(H,35,36)/b32-23+/t18-,22?,25?/m1/s1. The highest BCUT2D eigenvalue weighted by molar-refractivity contribution is 6.23. The smallest absolute Gasteiger partial charge is 0.329 e. The number of carboxylic acid groups (broad SMARTS) is 1. The molecule has 2 unspecified atom stereocenters. The van der Waals surface area contributed by atoms with E-state index in [1.165, 1.54) is 19.1 Å². The van der Waals surface area contributed by atoms with Crippen molar-refractivity contribution in [1.82, 2.24) is 9.80 Å². The highest BCUT2D eigenvalue weighted by atomic mass is 16.6. The fourth-order valence-corrected chi connectivity index (χ4v) is 5.23. The highest BCUT2D eigenvalue weighted by Gasteiger charge is 2.50. The summed E-state index contributed by atoms with van der Waals surface area (Å²) >= 11 is 0. The molecule has 0 saturated carbocycles. The van der Waals surface area contributed by atoms with Gasteiger partial charge < -0.3 is 9.84 Å². The Morgan fingerprint density at radius 1 is 0.976 bits per heavy atom. The molecule has 2 aromatic rings. The van der Waals surface area contributed by atoms with Crippen LogP contribution in [0.2, 0.25) is 0 Å². The number of carbonyl (C=O) groups is 6. The Hall–Kier alpha value is -4.67. The van der Waals surface area contributed by atoms with Gasteiger partial charge in [0, 0.05) is 12.0 Å². The predicted octanol–water partition coefficient (Wildman–Crippen LogP) is 3.72. The molecule has 4 rings (SSSR count). The van der Waals surface area contributed by atoms with Gasteiger partial charge in [0.05, 0.1) is 17.5 Å². The van der Waals surface area contributed by atoms with Crippen LogP contribution in [0.3, 0.4) is 0 Å². The molecule has 0 spiro atoms. The van der Waals surface area contributed by atoms with Crippen LogP contribution in [0.4, 0.5) is 0 Å². The molecule has 0 aromatic heterocycles. The number of imide groups is 1. The molecule has 42 heavy (non-hydrogen) atoms. The Morgan fingerprint density at radius 3 is 2.10 bits per heavy atom. The van der Waals surface area contributed by atoms with E-state index in [-0.39, 0.29) is 35.4 Å². The second-order valence-corrected chi connectivity index (χ2v) is 11.4. The summed E-state index contributed by atoms with van der Waals surface area (Å²) in [5.74, 6) is -6.12. The second kappa shape index (κ2) is 12.1. The molecule has 2 aromatic carbocycles. The van der Waals surface area contributed by atoms with Crippen LogP contribution in [0.1, 0.15) is 84.5 Å². The zero-order valence-electron chi connectivity index (χ0n) is 23.9. The molecule has 0 aliphatic carbocycles. The molecule has 0 bridgehead atoms. The maximum Gasteiger partial charge on any atom is 0.329 e. The van der Waals surface area contributed by atoms with E-state index in [1.807, 2.05) is 0 Å². The average molecular weight is 576 g/mol. The number of piperidine rings is 1. The third-order valence-electron chi connectivity index (χ3n) is 7.03. The Balaban J connectivity index is 1.83. The zero-order valence-corrected chi connectivity index (χ0v) is 23.9. The summed E-state index contributed by atoms with van der Waals surface area (Å²) in [5.41, 5.74) is -0.483. The minimum Gasteiger partial charge on any atom is -0.481 e. The first-order chi connectivity index (χ1) is 19.8. The number of carboxylic acids is 1. The zero-order chi connectivity index (χ0) is 30.8. The van der Waals surface area contributed by atoms with E-state index >= 15 is 0 Å². The maximum atomic E-state index is 14.5. The molecule has 4 amide bonds. The number of likely N-dealkylation sites (tertiary alicyclic amines) is 1. The molecule has 2 aliphatic rings. The number of aliphatic carboxylic acids is 1. The van der Waals surface area contributed by atoms with Crippen LogP contribution >= 0.6 is 0 Å². The van der Waals surface area contributed by atoms with Crippen molar-refractivity contribution in [2.45, 2.75) is 71.1 Å². The second-order valence-electron chi connectivity index (χ2n) is 11.4. The van der Waals surface area contributed by atoms with Gasteiger partial charge in [-0.1, -0.05) is 37.3 Å². The lowest BCUT2D eigenvalue weighted by atomic mass is 9.92. The molecule has 2 heterocycles. The lowest BCUT2D eigenvalue weighted by molar-refractivity contribution is -0.164. The molecule has 11 nitrogen and oxygen atoms in total. The summed E-state index contributed by atoms with van der Waals surface area (Å²) in [7, 11) is 0. The minimum atomic E-state index is -1.60. The number of ether oxygens (including phenoxy) is 1. The summed E-state index contributed by atoms with van der Waals surface area (Å²) in [5, 5.41) is 9.58. The normalized spacial score (nSPS) is 19.3. The Labute approximate surface area is 243 Å². The average Bonchev–Trinajstić information content (AvgIpc) is 3.17. The monoisotopic (exact) mass is 575 g/mol. The number of amidine groups is 1. The Morgan fingerprint density at radius 2 is 1.55 bits per heavy atom. The summed E-state index contributed by atoms with van der Waals surface area (Å²) in [4.78, 5) is 85.8. The van der Waals surface area contributed by atoms with E-state index in [4.69, 9.17) is 4.74 Å². The third-order valence-corrected chi connectivity index (χ3v) is 7.03. The van der Waals surface area contributed by atoms with E-state index in [1.54, 1.807) is 63.2 Å². The molecule has 1 N–H and O–H groups in total. The summed E-state index contributed by atoms with van der Waals surface area (Å²) in [6, 6.07) is 11.4. The van der Waals surface area contributed by atoms with Gasteiger partial charge in [-0.05, 0) is 63.8 Å². The van der Waals surface area contributed by atoms with Gasteiger partial charge in [0.25, 0.3) is 23.6 Å². The largest absolute Gasteiger partial charge is 0.481 e. The topological polar surface area (TPSA) is 151 Å². The predicted molar refractivity (Wildman–Crippen MR) is 151 cm³/mol. The van der Waals surface area contributed by atoms with Crippen LogP contribution in [0.15, 0.2) is 59.6 Å². The van der Waals surface area contributed by atoms with Crippen LogP contribution in [0, 0.1) is 5.92 Å². The first-order valence-electron chi connectivity index (χ1n) is 13.7. The molecular formula is C31H33N3O8. The molecule has 1 fully saturated rings. The molecule has 11 heteroatoms. The number of fused-ring (bicyclic) bond motifs is 1. The molecule has 3 atom stereocenters. The van der Waals surface area contributed by atoms with Gasteiger partial charge in [-0.15, -0.1) is 0 Å². The highest BCUT2D eigenvalue weighted by Crippen LogP contribution is 2.32. The van der Waals surface area contributed by atoms with Crippen LogP contribution in [-0.2, 0) is 19.1 Å². The van der Waals surface area contributed by atoms with Crippen molar-refractivity contribution in [3.05, 3.63) is 71.3 Å². The number of esters is 1. The molecule has 0 radical (unpaired) electrons. The summed E-state index contributed by atoms with van der Waals surface area (Å²) in [6.45, 7) is 6.46. The van der Waals surface area contributed by atoms with E-state index in [0.29, 0.717) is 6.42 Å². The molecule has 1 saturated heterocycles. The van der Waals surface area contributed by atoms with E-state index in [9.17, 15) is 33.9 Å². The van der Waals surface area contributed by atoms with Gasteiger partial charge in [-0.3, -0.25) is 33.8 Å². The Kier molecular flexibility index (Phi) is 8.70.